The maximum atomic E-state index is 12.6. The standard InChI is InChI=1S/C20H26N2O3/c1-14(13-21-2)20(23)22-19(15-7-5-9-17(11-15)24-3)16-8-6-10-18(12-16)25-4/h5-12,14,19,21H,13H2,1-4H3,(H,22,23). The van der Waals surface area contributed by atoms with Gasteiger partial charge in [0.25, 0.3) is 0 Å². The van der Waals surface area contributed by atoms with E-state index in [0.29, 0.717) is 6.54 Å². The van der Waals surface area contributed by atoms with Gasteiger partial charge in [0, 0.05) is 12.5 Å². The molecule has 2 rings (SSSR count). The van der Waals surface area contributed by atoms with Gasteiger partial charge in [0.2, 0.25) is 5.91 Å². The Labute approximate surface area is 149 Å². The van der Waals surface area contributed by atoms with Crippen LogP contribution in [-0.2, 0) is 4.79 Å². The van der Waals surface area contributed by atoms with Crippen LogP contribution in [0.2, 0.25) is 0 Å². The first-order valence-electron chi connectivity index (χ1n) is 8.32. The number of benzene rings is 2. The first-order chi connectivity index (χ1) is 12.1. The van der Waals surface area contributed by atoms with E-state index < -0.39 is 0 Å². The molecule has 0 spiro atoms. The van der Waals surface area contributed by atoms with Crippen LogP contribution < -0.4 is 20.1 Å². The third kappa shape index (κ3) is 4.97. The molecule has 0 aliphatic heterocycles. The molecule has 0 fully saturated rings. The number of carbonyl (C=O) groups excluding carboxylic acids is 1. The van der Waals surface area contributed by atoms with Gasteiger partial charge in [-0.15, -0.1) is 0 Å². The van der Waals surface area contributed by atoms with Gasteiger partial charge in [-0.05, 0) is 42.4 Å². The van der Waals surface area contributed by atoms with Crippen molar-refractivity contribution in [1.82, 2.24) is 10.6 Å². The second kappa shape index (κ2) is 9.08. The van der Waals surface area contributed by atoms with Gasteiger partial charge < -0.3 is 20.1 Å². The minimum atomic E-state index is -0.281. The predicted octanol–water partition coefficient (Wildman–Crippen LogP) is 2.76. The molecule has 5 nitrogen and oxygen atoms in total. The third-order valence-electron chi connectivity index (χ3n) is 4.10. The summed E-state index contributed by atoms with van der Waals surface area (Å²) < 4.78 is 10.7. The van der Waals surface area contributed by atoms with Crippen molar-refractivity contribution in [2.45, 2.75) is 13.0 Å². The van der Waals surface area contributed by atoms with E-state index in [9.17, 15) is 4.79 Å². The number of amides is 1. The van der Waals surface area contributed by atoms with Crippen molar-refractivity contribution in [2.24, 2.45) is 5.92 Å². The highest BCUT2D eigenvalue weighted by Gasteiger charge is 2.21. The molecule has 1 atom stereocenters. The second-order valence-corrected chi connectivity index (χ2v) is 5.95. The number of ether oxygens (including phenoxy) is 2. The maximum Gasteiger partial charge on any atom is 0.224 e. The van der Waals surface area contributed by atoms with E-state index >= 15 is 0 Å². The second-order valence-electron chi connectivity index (χ2n) is 5.95. The lowest BCUT2D eigenvalue weighted by Crippen LogP contribution is -2.37. The average molecular weight is 342 g/mol. The minimum Gasteiger partial charge on any atom is -0.497 e. The maximum absolute atomic E-state index is 12.6. The topological polar surface area (TPSA) is 59.6 Å². The molecule has 5 heteroatoms. The SMILES string of the molecule is CNCC(C)C(=O)NC(c1cccc(OC)c1)c1cccc(OC)c1. The number of carbonyl (C=O) groups is 1. The van der Waals surface area contributed by atoms with Gasteiger partial charge in [0.05, 0.1) is 20.3 Å². The zero-order valence-electron chi connectivity index (χ0n) is 15.2. The highest BCUT2D eigenvalue weighted by atomic mass is 16.5. The highest BCUT2D eigenvalue weighted by Crippen LogP contribution is 2.28. The van der Waals surface area contributed by atoms with Crippen LogP contribution >= 0.6 is 0 Å². The molecule has 0 aliphatic carbocycles. The molecular formula is C20H26N2O3. The smallest absolute Gasteiger partial charge is 0.224 e. The quantitative estimate of drug-likeness (QED) is 0.774. The van der Waals surface area contributed by atoms with Crippen LogP contribution in [0.3, 0.4) is 0 Å². The normalized spacial score (nSPS) is 11.9. The summed E-state index contributed by atoms with van der Waals surface area (Å²) >= 11 is 0. The van der Waals surface area contributed by atoms with E-state index in [1.807, 2.05) is 62.5 Å². The molecule has 0 aromatic heterocycles. The number of rotatable bonds is 8. The number of nitrogens with one attached hydrogen (secondary N) is 2. The summed E-state index contributed by atoms with van der Waals surface area (Å²) in [6, 6.07) is 15.2. The number of hydrogen-bond acceptors (Lipinski definition) is 4. The minimum absolute atomic E-state index is 0.00927. The largest absolute Gasteiger partial charge is 0.497 e. The molecule has 0 heterocycles. The van der Waals surface area contributed by atoms with Crippen molar-refractivity contribution in [3.05, 3.63) is 59.7 Å². The van der Waals surface area contributed by atoms with Gasteiger partial charge in [-0.2, -0.15) is 0 Å². The first-order valence-corrected chi connectivity index (χ1v) is 8.32. The molecule has 0 saturated heterocycles. The summed E-state index contributed by atoms with van der Waals surface area (Å²) in [5, 5.41) is 6.18. The first kappa shape index (κ1) is 18.8. The third-order valence-corrected chi connectivity index (χ3v) is 4.10. The van der Waals surface area contributed by atoms with Crippen molar-refractivity contribution in [3.8, 4) is 11.5 Å². The van der Waals surface area contributed by atoms with Gasteiger partial charge in [-0.1, -0.05) is 31.2 Å². The van der Waals surface area contributed by atoms with E-state index in [1.54, 1.807) is 14.2 Å². The number of hydrogen-bond donors (Lipinski definition) is 2. The predicted molar refractivity (Wildman–Crippen MR) is 99.1 cm³/mol. The van der Waals surface area contributed by atoms with E-state index in [4.69, 9.17) is 9.47 Å². The van der Waals surface area contributed by atoms with Gasteiger partial charge >= 0.3 is 0 Å². The van der Waals surface area contributed by atoms with E-state index in [1.165, 1.54) is 0 Å². The van der Waals surface area contributed by atoms with Crippen LogP contribution in [0.25, 0.3) is 0 Å². The lowest BCUT2D eigenvalue weighted by molar-refractivity contribution is -0.124. The van der Waals surface area contributed by atoms with Crippen LogP contribution in [0.4, 0.5) is 0 Å². The van der Waals surface area contributed by atoms with Crippen LogP contribution in [0, 0.1) is 5.92 Å². The zero-order valence-corrected chi connectivity index (χ0v) is 15.2. The monoisotopic (exact) mass is 342 g/mol. The summed E-state index contributed by atoms with van der Waals surface area (Å²) in [4.78, 5) is 12.6. The van der Waals surface area contributed by atoms with Crippen LogP contribution in [0.1, 0.15) is 24.1 Å². The van der Waals surface area contributed by atoms with Gasteiger partial charge in [-0.3, -0.25) is 4.79 Å². The van der Waals surface area contributed by atoms with Crippen molar-refractivity contribution in [1.29, 1.82) is 0 Å². The molecule has 2 aromatic carbocycles. The van der Waals surface area contributed by atoms with E-state index in [0.717, 1.165) is 22.6 Å². The van der Waals surface area contributed by atoms with E-state index in [-0.39, 0.29) is 17.9 Å². The zero-order chi connectivity index (χ0) is 18.2. The fourth-order valence-electron chi connectivity index (χ4n) is 2.68. The van der Waals surface area contributed by atoms with Crippen LogP contribution in [0.15, 0.2) is 48.5 Å². The Kier molecular flexibility index (Phi) is 6.83. The van der Waals surface area contributed by atoms with Crippen molar-refractivity contribution >= 4 is 5.91 Å². The van der Waals surface area contributed by atoms with Gasteiger partial charge in [-0.25, -0.2) is 0 Å². The molecule has 0 bridgehead atoms. The van der Waals surface area contributed by atoms with Crippen molar-refractivity contribution in [3.63, 3.8) is 0 Å². The lowest BCUT2D eigenvalue weighted by Gasteiger charge is -2.23. The lowest BCUT2D eigenvalue weighted by atomic mass is 9.97. The Hall–Kier alpha value is -2.53. The van der Waals surface area contributed by atoms with E-state index in [2.05, 4.69) is 10.6 Å². The summed E-state index contributed by atoms with van der Waals surface area (Å²) in [6.07, 6.45) is 0. The fourth-order valence-corrected chi connectivity index (χ4v) is 2.68. The van der Waals surface area contributed by atoms with Gasteiger partial charge in [0.15, 0.2) is 0 Å². The average Bonchev–Trinajstić information content (AvgIpc) is 2.66. The Morgan fingerprint density at radius 1 is 1.00 bits per heavy atom. The van der Waals surface area contributed by atoms with Crippen LogP contribution in [-0.4, -0.2) is 33.7 Å². The Morgan fingerprint density at radius 3 is 1.96 bits per heavy atom. The molecule has 1 unspecified atom stereocenters. The Morgan fingerprint density at radius 2 is 1.52 bits per heavy atom. The fraction of sp³-hybridized carbons (Fsp3) is 0.350. The summed E-state index contributed by atoms with van der Waals surface area (Å²) in [5.74, 6) is 1.36. The highest BCUT2D eigenvalue weighted by molar-refractivity contribution is 5.79. The Balaban J connectivity index is 2.38. The molecule has 0 saturated carbocycles. The molecule has 2 aromatic rings. The molecule has 2 N–H and O–H groups in total. The molecule has 0 aliphatic rings. The molecule has 134 valence electrons. The number of methoxy groups -OCH3 is 2. The Bertz CT molecular complexity index is 655. The summed E-state index contributed by atoms with van der Waals surface area (Å²) in [6.45, 7) is 2.52. The van der Waals surface area contributed by atoms with Crippen LogP contribution in [0.5, 0.6) is 11.5 Å². The molecule has 1 amide bonds. The molecule has 25 heavy (non-hydrogen) atoms. The summed E-state index contributed by atoms with van der Waals surface area (Å²) in [7, 11) is 5.10. The van der Waals surface area contributed by atoms with Crippen molar-refractivity contribution < 1.29 is 14.3 Å². The van der Waals surface area contributed by atoms with Crippen molar-refractivity contribution in [2.75, 3.05) is 27.8 Å². The van der Waals surface area contributed by atoms with Gasteiger partial charge in [0.1, 0.15) is 11.5 Å². The molecule has 0 radical (unpaired) electrons. The summed E-state index contributed by atoms with van der Waals surface area (Å²) in [5.41, 5.74) is 1.91. The molecular weight excluding hydrogens is 316 g/mol.